The van der Waals surface area contributed by atoms with E-state index in [1.54, 1.807) is 21.8 Å². The quantitative estimate of drug-likeness (QED) is 0.269. The Bertz CT molecular complexity index is 1590. The van der Waals surface area contributed by atoms with Gasteiger partial charge >= 0.3 is 6.03 Å². The lowest BCUT2D eigenvalue weighted by Gasteiger charge is -2.28. The Balaban J connectivity index is 1.52. The van der Waals surface area contributed by atoms with Gasteiger partial charge in [-0.15, -0.1) is 0 Å². The summed E-state index contributed by atoms with van der Waals surface area (Å²) in [5.41, 5.74) is 7.01. The summed E-state index contributed by atoms with van der Waals surface area (Å²) >= 11 is 0. The van der Waals surface area contributed by atoms with Gasteiger partial charge in [-0.05, 0) is 76.6 Å². The summed E-state index contributed by atoms with van der Waals surface area (Å²) in [5, 5.41) is 11.3. The molecule has 0 radical (unpaired) electrons. The number of urea groups is 1. The number of allylic oxidation sites excluding steroid dienone is 1. The number of benzene rings is 1. The Morgan fingerprint density at radius 2 is 1.93 bits per heavy atom. The maximum atomic E-state index is 14.1. The third-order valence-corrected chi connectivity index (χ3v) is 7.85. The zero-order valence-electron chi connectivity index (χ0n) is 24.3. The number of hydrogen-bond acceptors (Lipinski definition) is 6. The highest BCUT2D eigenvalue weighted by molar-refractivity contribution is 5.75. The summed E-state index contributed by atoms with van der Waals surface area (Å²) in [6.45, 7) is 11.4. The van der Waals surface area contributed by atoms with Crippen LogP contribution in [0.1, 0.15) is 69.7 Å². The summed E-state index contributed by atoms with van der Waals surface area (Å²) in [6, 6.07) is 9.43. The van der Waals surface area contributed by atoms with Crippen molar-refractivity contribution in [2.75, 3.05) is 18.4 Å². The van der Waals surface area contributed by atoms with Gasteiger partial charge in [0.1, 0.15) is 5.82 Å². The molecule has 0 aliphatic heterocycles. The van der Waals surface area contributed by atoms with E-state index in [0.29, 0.717) is 36.1 Å². The van der Waals surface area contributed by atoms with Crippen molar-refractivity contribution < 1.29 is 9.18 Å². The molecule has 2 amide bonds. The molecule has 5 rings (SSSR count). The minimum absolute atomic E-state index is 0.109. The van der Waals surface area contributed by atoms with Crippen molar-refractivity contribution in [1.29, 1.82) is 0 Å². The second kappa shape index (κ2) is 12.0. The van der Waals surface area contributed by atoms with E-state index < -0.39 is 5.82 Å². The number of amides is 2. The third-order valence-electron chi connectivity index (χ3n) is 7.85. The number of anilines is 1. The first-order chi connectivity index (χ1) is 19.8. The molecule has 1 aliphatic rings. The van der Waals surface area contributed by atoms with Gasteiger partial charge in [-0.3, -0.25) is 4.98 Å². The van der Waals surface area contributed by atoms with Gasteiger partial charge in [-0.2, -0.15) is 14.6 Å². The van der Waals surface area contributed by atoms with Crippen molar-refractivity contribution in [1.82, 2.24) is 34.8 Å². The molecule has 4 aromatic rings. The zero-order chi connectivity index (χ0) is 29.1. The molecule has 3 aromatic heterocycles. The Labute approximate surface area is 239 Å². The second-order valence-corrected chi connectivity index (χ2v) is 10.6. The molecule has 0 bridgehead atoms. The molecule has 1 aromatic carbocycles. The molecule has 10 heteroatoms. The highest BCUT2D eigenvalue weighted by Gasteiger charge is 2.25. The first kappa shape index (κ1) is 28.2. The average molecular weight is 557 g/mol. The number of halogens is 1. The normalized spacial score (nSPS) is 16.1. The van der Waals surface area contributed by atoms with Gasteiger partial charge in [0.25, 0.3) is 0 Å². The van der Waals surface area contributed by atoms with Crippen LogP contribution >= 0.6 is 0 Å². The topological polar surface area (TPSA) is 100 Å². The minimum Gasteiger partial charge on any atom is -0.351 e. The third kappa shape index (κ3) is 5.91. The fraction of sp³-hybridized carbons (Fsp3) is 0.387. The highest BCUT2D eigenvalue weighted by atomic mass is 19.1. The highest BCUT2D eigenvalue weighted by Crippen LogP contribution is 2.35. The number of nitrogens with zero attached hydrogens (tertiary/aromatic N) is 6. The van der Waals surface area contributed by atoms with Gasteiger partial charge in [0, 0.05) is 36.5 Å². The van der Waals surface area contributed by atoms with Crippen molar-refractivity contribution in [2.24, 2.45) is 0 Å². The van der Waals surface area contributed by atoms with E-state index in [9.17, 15) is 9.18 Å². The molecule has 214 valence electrons. The van der Waals surface area contributed by atoms with Gasteiger partial charge in [-0.1, -0.05) is 29.8 Å². The van der Waals surface area contributed by atoms with E-state index in [1.165, 1.54) is 28.3 Å². The number of hydrogen-bond donors (Lipinski definition) is 2. The Morgan fingerprint density at radius 1 is 1.15 bits per heavy atom. The minimum atomic E-state index is -0.468. The number of carbonyl (C=O) groups is 1. The number of aromatic nitrogens is 5. The van der Waals surface area contributed by atoms with Crippen LogP contribution in [-0.4, -0.2) is 54.6 Å². The van der Waals surface area contributed by atoms with Gasteiger partial charge in [0.2, 0.25) is 5.95 Å². The lowest BCUT2D eigenvalue weighted by atomic mass is 9.84. The SMILES string of the molecule is CCN(CC)C(=O)N[C@@H](C)c1cnn2c(N[C@@H]3CCC(C)=C(c4ccccc4C)C3)nc(-c3cncc(F)c3)nc12. The fourth-order valence-electron chi connectivity index (χ4n) is 5.44. The smallest absolute Gasteiger partial charge is 0.317 e. The van der Waals surface area contributed by atoms with Crippen LogP contribution in [-0.2, 0) is 0 Å². The summed E-state index contributed by atoms with van der Waals surface area (Å²) in [7, 11) is 0. The monoisotopic (exact) mass is 556 g/mol. The van der Waals surface area contributed by atoms with Gasteiger partial charge < -0.3 is 15.5 Å². The molecule has 1 aliphatic carbocycles. The van der Waals surface area contributed by atoms with Crippen LogP contribution in [0.25, 0.3) is 22.6 Å². The van der Waals surface area contributed by atoms with Crippen molar-refractivity contribution >= 4 is 23.2 Å². The van der Waals surface area contributed by atoms with Crippen LogP contribution in [0.4, 0.5) is 15.1 Å². The van der Waals surface area contributed by atoms with Crippen LogP contribution in [0, 0.1) is 12.7 Å². The molecule has 0 spiro atoms. The largest absolute Gasteiger partial charge is 0.351 e. The molecule has 41 heavy (non-hydrogen) atoms. The summed E-state index contributed by atoms with van der Waals surface area (Å²) in [4.78, 5) is 28.1. The summed E-state index contributed by atoms with van der Waals surface area (Å²) in [6.07, 6.45) is 7.15. The molecule has 0 saturated heterocycles. The first-order valence-corrected chi connectivity index (χ1v) is 14.2. The molecule has 3 heterocycles. The van der Waals surface area contributed by atoms with Crippen molar-refractivity contribution in [3.63, 3.8) is 0 Å². The molecular weight excluding hydrogens is 519 g/mol. The standard InChI is InChI=1S/C31H37FN8O/c1-6-39(7-2)31(41)35-21(5)27-18-34-40-29(27)37-28(22-14-23(32)17-33-16-22)38-30(40)36-24-13-12-20(4)26(15-24)25-11-9-8-10-19(25)3/h8-11,14,16-18,21,24H,6-7,12-13,15H2,1-5H3,(H,35,41)(H,36,37,38)/t21-,24+/m0/s1. The van der Waals surface area contributed by atoms with E-state index in [2.05, 4.69) is 58.8 Å². The average Bonchev–Trinajstić information content (AvgIpc) is 3.40. The molecule has 2 N–H and O–H groups in total. The van der Waals surface area contributed by atoms with Crippen LogP contribution in [0.5, 0.6) is 0 Å². The summed E-state index contributed by atoms with van der Waals surface area (Å²) < 4.78 is 15.8. The molecule has 9 nitrogen and oxygen atoms in total. The van der Waals surface area contributed by atoms with E-state index in [-0.39, 0.29) is 18.1 Å². The van der Waals surface area contributed by atoms with Gasteiger partial charge in [0.05, 0.1) is 18.4 Å². The maximum Gasteiger partial charge on any atom is 0.317 e. The Kier molecular flexibility index (Phi) is 8.28. The summed E-state index contributed by atoms with van der Waals surface area (Å²) in [5.74, 6) is 0.374. The molecular formula is C31H37FN8O. The lowest BCUT2D eigenvalue weighted by Crippen LogP contribution is -2.40. The van der Waals surface area contributed by atoms with E-state index in [0.717, 1.165) is 31.0 Å². The van der Waals surface area contributed by atoms with Crippen LogP contribution in [0.3, 0.4) is 0 Å². The lowest BCUT2D eigenvalue weighted by molar-refractivity contribution is 0.200. The van der Waals surface area contributed by atoms with Crippen LogP contribution < -0.4 is 10.6 Å². The first-order valence-electron chi connectivity index (χ1n) is 14.2. The number of rotatable bonds is 8. The predicted molar refractivity (Wildman–Crippen MR) is 159 cm³/mol. The predicted octanol–water partition coefficient (Wildman–Crippen LogP) is 6.18. The van der Waals surface area contributed by atoms with Crippen LogP contribution in [0.15, 0.2) is 54.5 Å². The van der Waals surface area contributed by atoms with Crippen molar-refractivity contribution in [3.8, 4) is 11.4 Å². The Morgan fingerprint density at radius 3 is 2.66 bits per heavy atom. The number of nitrogens with one attached hydrogen (secondary N) is 2. The number of carbonyl (C=O) groups excluding carboxylic acids is 1. The number of aryl methyl sites for hydroxylation is 1. The van der Waals surface area contributed by atoms with E-state index in [4.69, 9.17) is 9.97 Å². The number of pyridine rings is 1. The van der Waals surface area contributed by atoms with Gasteiger partial charge in [-0.25, -0.2) is 14.2 Å². The van der Waals surface area contributed by atoms with E-state index >= 15 is 0 Å². The van der Waals surface area contributed by atoms with Crippen molar-refractivity contribution in [3.05, 3.63) is 77.0 Å². The molecule has 2 atom stereocenters. The second-order valence-electron chi connectivity index (χ2n) is 10.6. The van der Waals surface area contributed by atoms with Crippen LogP contribution in [0.2, 0.25) is 0 Å². The number of fused-ring (bicyclic) bond motifs is 1. The molecule has 0 saturated carbocycles. The van der Waals surface area contributed by atoms with E-state index in [1.807, 2.05) is 20.8 Å². The Hall–Kier alpha value is -4.34. The zero-order valence-corrected chi connectivity index (χ0v) is 24.3. The fourth-order valence-corrected chi connectivity index (χ4v) is 5.44. The molecule has 0 fully saturated rings. The maximum absolute atomic E-state index is 14.1. The van der Waals surface area contributed by atoms with Gasteiger partial charge in [0.15, 0.2) is 11.5 Å². The van der Waals surface area contributed by atoms with Crippen molar-refractivity contribution in [2.45, 2.75) is 66.0 Å². The molecule has 0 unspecified atom stereocenters.